The zero-order valence-electron chi connectivity index (χ0n) is 13.6. The molecular formula is C18H29NO2. The van der Waals surface area contributed by atoms with Crippen LogP contribution in [0, 0.1) is 5.92 Å². The number of benzene rings is 1. The van der Waals surface area contributed by atoms with Gasteiger partial charge in [-0.2, -0.15) is 0 Å². The zero-order valence-corrected chi connectivity index (χ0v) is 13.6. The fraction of sp³-hybridized carbons (Fsp3) is 0.667. The number of hydrogen-bond acceptors (Lipinski definition) is 3. The van der Waals surface area contributed by atoms with Gasteiger partial charge in [0, 0.05) is 13.1 Å². The van der Waals surface area contributed by atoms with Gasteiger partial charge in [0.2, 0.25) is 0 Å². The number of β-amino-alcohol motifs (C(OH)–C–C–N with tert-alkyl or cyclic N) is 1. The maximum Gasteiger partial charge on any atom is 0.119 e. The Hall–Kier alpha value is -1.06. The molecule has 2 unspecified atom stereocenters. The van der Waals surface area contributed by atoms with Crippen molar-refractivity contribution < 1.29 is 9.84 Å². The SMILES string of the molecule is CCC1CCCN(CC(O)c2ccc(OC(C)C)cc2)C1. The van der Waals surface area contributed by atoms with E-state index in [0.29, 0.717) is 0 Å². The Bertz CT molecular complexity index is 416. The number of nitrogens with zero attached hydrogens (tertiary/aromatic N) is 1. The van der Waals surface area contributed by atoms with E-state index in [1.807, 2.05) is 38.1 Å². The third-order valence-corrected chi connectivity index (χ3v) is 4.25. The smallest absolute Gasteiger partial charge is 0.119 e. The number of rotatable bonds is 6. The lowest BCUT2D eigenvalue weighted by molar-refractivity contribution is 0.0836. The standard InChI is InChI=1S/C18H29NO2/c1-4-15-6-5-11-19(12-15)13-18(20)16-7-9-17(10-8-16)21-14(2)3/h7-10,14-15,18,20H,4-6,11-13H2,1-3H3. The van der Waals surface area contributed by atoms with Crippen molar-refractivity contribution in [1.29, 1.82) is 0 Å². The van der Waals surface area contributed by atoms with E-state index in [1.165, 1.54) is 19.3 Å². The molecule has 2 rings (SSSR count). The summed E-state index contributed by atoms with van der Waals surface area (Å²) in [7, 11) is 0. The highest BCUT2D eigenvalue weighted by atomic mass is 16.5. The van der Waals surface area contributed by atoms with E-state index in [0.717, 1.165) is 36.9 Å². The van der Waals surface area contributed by atoms with Crippen molar-refractivity contribution in [1.82, 2.24) is 4.90 Å². The van der Waals surface area contributed by atoms with Crippen LogP contribution >= 0.6 is 0 Å². The van der Waals surface area contributed by atoms with Gasteiger partial charge in [0.15, 0.2) is 0 Å². The number of piperidine rings is 1. The summed E-state index contributed by atoms with van der Waals surface area (Å²) in [6.45, 7) is 9.27. The summed E-state index contributed by atoms with van der Waals surface area (Å²) in [4.78, 5) is 2.40. The molecule has 0 saturated carbocycles. The van der Waals surface area contributed by atoms with Crippen molar-refractivity contribution in [3.05, 3.63) is 29.8 Å². The van der Waals surface area contributed by atoms with E-state index in [1.54, 1.807) is 0 Å². The highest BCUT2D eigenvalue weighted by Gasteiger charge is 2.21. The summed E-state index contributed by atoms with van der Waals surface area (Å²) in [5, 5.41) is 10.4. The molecule has 0 spiro atoms. The Balaban J connectivity index is 1.89. The van der Waals surface area contributed by atoms with Gasteiger partial charge in [-0.1, -0.05) is 25.5 Å². The fourth-order valence-corrected chi connectivity index (χ4v) is 3.04. The van der Waals surface area contributed by atoms with Crippen LogP contribution in [0.3, 0.4) is 0 Å². The summed E-state index contributed by atoms with van der Waals surface area (Å²) < 4.78 is 5.64. The lowest BCUT2D eigenvalue weighted by Crippen LogP contribution is -2.37. The second kappa shape index (κ2) is 7.81. The number of likely N-dealkylation sites (tertiary alicyclic amines) is 1. The zero-order chi connectivity index (χ0) is 15.2. The highest BCUT2D eigenvalue weighted by Crippen LogP contribution is 2.23. The molecule has 0 bridgehead atoms. The summed E-state index contributed by atoms with van der Waals surface area (Å²) in [6.07, 6.45) is 3.61. The molecule has 1 aromatic rings. The minimum atomic E-state index is -0.409. The van der Waals surface area contributed by atoms with Gasteiger partial charge in [-0.05, 0) is 56.8 Å². The normalized spacial score (nSPS) is 21.5. The van der Waals surface area contributed by atoms with Crippen LogP contribution in [0.15, 0.2) is 24.3 Å². The van der Waals surface area contributed by atoms with E-state index in [-0.39, 0.29) is 6.10 Å². The first-order valence-electron chi connectivity index (χ1n) is 8.25. The van der Waals surface area contributed by atoms with E-state index in [9.17, 15) is 5.11 Å². The number of hydrogen-bond donors (Lipinski definition) is 1. The Morgan fingerprint density at radius 1 is 1.29 bits per heavy atom. The van der Waals surface area contributed by atoms with E-state index in [4.69, 9.17) is 4.74 Å². The molecule has 21 heavy (non-hydrogen) atoms. The fourth-order valence-electron chi connectivity index (χ4n) is 3.04. The molecule has 2 atom stereocenters. The summed E-state index contributed by atoms with van der Waals surface area (Å²) in [6, 6.07) is 7.85. The molecule has 1 fully saturated rings. The van der Waals surface area contributed by atoms with Gasteiger partial charge in [0.05, 0.1) is 12.2 Å². The Morgan fingerprint density at radius 2 is 2.00 bits per heavy atom. The summed E-state index contributed by atoms with van der Waals surface area (Å²) >= 11 is 0. The minimum Gasteiger partial charge on any atom is -0.491 e. The van der Waals surface area contributed by atoms with E-state index in [2.05, 4.69) is 11.8 Å². The molecule has 1 heterocycles. The van der Waals surface area contributed by atoms with Crippen molar-refractivity contribution >= 4 is 0 Å². The van der Waals surface area contributed by atoms with Crippen molar-refractivity contribution in [2.75, 3.05) is 19.6 Å². The molecule has 1 saturated heterocycles. The molecule has 1 aliphatic heterocycles. The topological polar surface area (TPSA) is 32.7 Å². The van der Waals surface area contributed by atoms with Crippen LogP contribution in [0.2, 0.25) is 0 Å². The Morgan fingerprint density at radius 3 is 2.62 bits per heavy atom. The first-order chi connectivity index (χ1) is 10.1. The van der Waals surface area contributed by atoms with Gasteiger partial charge in [-0.15, -0.1) is 0 Å². The average Bonchev–Trinajstić information content (AvgIpc) is 2.47. The molecule has 0 aromatic heterocycles. The molecule has 118 valence electrons. The monoisotopic (exact) mass is 291 g/mol. The molecule has 3 nitrogen and oxygen atoms in total. The molecule has 3 heteroatoms. The molecule has 1 aromatic carbocycles. The largest absolute Gasteiger partial charge is 0.491 e. The van der Waals surface area contributed by atoms with Crippen LogP contribution < -0.4 is 4.74 Å². The van der Waals surface area contributed by atoms with Crippen LogP contribution in [0.4, 0.5) is 0 Å². The second-order valence-electron chi connectivity index (χ2n) is 6.43. The number of ether oxygens (including phenoxy) is 1. The van der Waals surface area contributed by atoms with Gasteiger partial charge in [-0.25, -0.2) is 0 Å². The van der Waals surface area contributed by atoms with Crippen LogP contribution in [0.25, 0.3) is 0 Å². The van der Waals surface area contributed by atoms with E-state index < -0.39 is 6.10 Å². The summed E-state index contributed by atoms with van der Waals surface area (Å²) in [5.41, 5.74) is 0.977. The van der Waals surface area contributed by atoms with Crippen molar-refractivity contribution in [2.24, 2.45) is 5.92 Å². The van der Waals surface area contributed by atoms with Gasteiger partial charge in [0.25, 0.3) is 0 Å². The Labute approximate surface area is 128 Å². The number of aliphatic hydroxyl groups is 1. The van der Waals surface area contributed by atoms with Gasteiger partial charge in [0.1, 0.15) is 5.75 Å². The van der Waals surface area contributed by atoms with Gasteiger partial charge in [-0.3, -0.25) is 0 Å². The molecule has 0 radical (unpaired) electrons. The number of aliphatic hydroxyl groups excluding tert-OH is 1. The summed E-state index contributed by atoms with van der Waals surface area (Å²) in [5.74, 6) is 1.66. The maximum absolute atomic E-state index is 10.4. The maximum atomic E-state index is 10.4. The predicted octanol–water partition coefficient (Wildman–Crippen LogP) is 3.63. The molecular weight excluding hydrogens is 262 g/mol. The third kappa shape index (κ3) is 5.01. The van der Waals surface area contributed by atoms with E-state index >= 15 is 0 Å². The lowest BCUT2D eigenvalue weighted by Gasteiger charge is -2.33. The minimum absolute atomic E-state index is 0.181. The van der Waals surface area contributed by atoms with Crippen molar-refractivity contribution in [3.8, 4) is 5.75 Å². The van der Waals surface area contributed by atoms with Crippen molar-refractivity contribution in [2.45, 2.75) is 52.2 Å². The third-order valence-electron chi connectivity index (χ3n) is 4.25. The molecule has 1 aliphatic rings. The highest BCUT2D eigenvalue weighted by molar-refractivity contribution is 5.28. The first kappa shape index (κ1) is 16.3. The second-order valence-corrected chi connectivity index (χ2v) is 6.43. The van der Waals surface area contributed by atoms with Crippen LogP contribution in [0.1, 0.15) is 51.7 Å². The Kier molecular flexibility index (Phi) is 6.07. The molecule has 0 amide bonds. The van der Waals surface area contributed by atoms with Crippen LogP contribution in [-0.4, -0.2) is 35.7 Å². The molecule has 0 aliphatic carbocycles. The van der Waals surface area contributed by atoms with Crippen LogP contribution in [-0.2, 0) is 0 Å². The average molecular weight is 291 g/mol. The van der Waals surface area contributed by atoms with Crippen LogP contribution in [0.5, 0.6) is 5.75 Å². The van der Waals surface area contributed by atoms with Gasteiger partial charge < -0.3 is 14.7 Å². The van der Waals surface area contributed by atoms with Gasteiger partial charge >= 0.3 is 0 Å². The van der Waals surface area contributed by atoms with Crippen molar-refractivity contribution in [3.63, 3.8) is 0 Å². The molecule has 1 N–H and O–H groups in total. The predicted molar refractivity (Wildman–Crippen MR) is 86.6 cm³/mol. The quantitative estimate of drug-likeness (QED) is 0.868. The lowest BCUT2D eigenvalue weighted by atomic mass is 9.95. The first-order valence-corrected chi connectivity index (χ1v) is 8.25.